The Kier molecular flexibility index (Phi) is 4.93. The molecule has 3 rings (SSSR count). The van der Waals surface area contributed by atoms with E-state index >= 15 is 0 Å². The van der Waals surface area contributed by atoms with Gasteiger partial charge in [-0.25, -0.2) is 0 Å². The molecule has 0 saturated carbocycles. The Balaban J connectivity index is 1.63. The lowest BCUT2D eigenvalue weighted by Gasteiger charge is -2.05. The minimum Gasteiger partial charge on any atom is -0.486 e. The number of furan rings is 1. The van der Waals surface area contributed by atoms with E-state index in [0.29, 0.717) is 34.2 Å². The first-order valence-electron chi connectivity index (χ1n) is 8.06. The summed E-state index contributed by atoms with van der Waals surface area (Å²) >= 11 is 0. The molecule has 0 atom stereocenters. The minimum absolute atomic E-state index is 0.0265. The number of aryl methyl sites for hydroxylation is 3. The second kappa shape index (κ2) is 7.32. The Morgan fingerprint density at radius 1 is 1.26 bits per heavy atom. The molecule has 1 aromatic carbocycles. The van der Waals surface area contributed by atoms with Crippen LogP contribution >= 0.6 is 0 Å². The molecule has 9 nitrogen and oxygen atoms in total. The predicted octanol–water partition coefficient (Wildman–Crippen LogP) is 3.93. The van der Waals surface area contributed by atoms with Gasteiger partial charge in [-0.2, -0.15) is 0 Å². The third kappa shape index (κ3) is 3.97. The number of carbonyl (C=O) groups is 1. The fraction of sp³-hybridized carbons (Fsp3) is 0.222. The summed E-state index contributed by atoms with van der Waals surface area (Å²) in [4.78, 5) is 22.7. The van der Waals surface area contributed by atoms with Gasteiger partial charge >= 0.3 is 0 Å². The fourth-order valence-electron chi connectivity index (χ4n) is 2.49. The molecule has 0 unspecified atom stereocenters. The summed E-state index contributed by atoms with van der Waals surface area (Å²) in [5.41, 5.74) is 1.61. The molecule has 2 aromatic heterocycles. The molecule has 0 aliphatic carbocycles. The van der Waals surface area contributed by atoms with Crippen LogP contribution in [0.4, 0.5) is 11.4 Å². The van der Waals surface area contributed by atoms with E-state index in [1.165, 1.54) is 18.2 Å². The summed E-state index contributed by atoms with van der Waals surface area (Å²) in [6.45, 7) is 5.13. The van der Waals surface area contributed by atoms with Crippen molar-refractivity contribution in [2.45, 2.75) is 27.4 Å². The van der Waals surface area contributed by atoms with Crippen molar-refractivity contribution in [1.82, 2.24) is 5.16 Å². The van der Waals surface area contributed by atoms with E-state index in [-0.39, 0.29) is 18.1 Å². The van der Waals surface area contributed by atoms with Crippen LogP contribution in [0.3, 0.4) is 0 Å². The molecular formula is C18H17N3O6. The minimum atomic E-state index is -0.449. The molecule has 0 spiro atoms. The first-order chi connectivity index (χ1) is 12.8. The predicted molar refractivity (Wildman–Crippen MR) is 94.8 cm³/mol. The van der Waals surface area contributed by atoms with Crippen molar-refractivity contribution in [3.8, 4) is 5.75 Å². The number of anilines is 1. The van der Waals surface area contributed by atoms with Gasteiger partial charge in [0.25, 0.3) is 11.6 Å². The smallest absolute Gasteiger partial charge is 0.291 e. The molecule has 27 heavy (non-hydrogen) atoms. The van der Waals surface area contributed by atoms with Crippen molar-refractivity contribution < 1.29 is 23.4 Å². The molecule has 0 aliphatic heterocycles. The normalized spacial score (nSPS) is 10.6. The molecular weight excluding hydrogens is 354 g/mol. The molecule has 3 aromatic rings. The highest BCUT2D eigenvalue weighted by Crippen LogP contribution is 2.24. The van der Waals surface area contributed by atoms with E-state index in [0.717, 1.165) is 0 Å². The van der Waals surface area contributed by atoms with E-state index in [1.807, 2.05) is 0 Å². The van der Waals surface area contributed by atoms with E-state index in [9.17, 15) is 14.9 Å². The van der Waals surface area contributed by atoms with Crippen LogP contribution in [0.1, 0.15) is 33.3 Å². The molecule has 0 fully saturated rings. The van der Waals surface area contributed by atoms with Crippen molar-refractivity contribution in [1.29, 1.82) is 0 Å². The number of benzene rings is 1. The standard InChI is InChI=1S/C18H17N3O6/c1-10-8-13(4-6-15(10)21(23)24)25-9-14-5-7-16(26-14)18(22)19-17-11(2)20-27-12(17)3/h4-8H,9H2,1-3H3,(H,19,22). The summed E-state index contributed by atoms with van der Waals surface area (Å²) < 4.78 is 16.1. The van der Waals surface area contributed by atoms with Crippen LogP contribution < -0.4 is 10.1 Å². The zero-order valence-electron chi connectivity index (χ0n) is 14.9. The van der Waals surface area contributed by atoms with Crippen LogP contribution in [-0.4, -0.2) is 16.0 Å². The highest BCUT2D eigenvalue weighted by Gasteiger charge is 2.17. The Morgan fingerprint density at radius 3 is 2.67 bits per heavy atom. The molecule has 0 aliphatic rings. The lowest BCUT2D eigenvalue weighted by Crippen LogP contribution is -2.12. The van der Waals surface area contributed by atoms with Gasteiger partial charge in [0.15, 0.2) is 11.5 Å². The molecule has 1 N–H and O–H groups in total. The summed E-state index contributed by atoms with van der Waals surface area (Å²) in [5.74, 6) is 1.10. The molecule has 2 heterocycles. The largest absolute Gasteiger partial charge is 0.486 e. The number of hydrogen-bond donors (Lipinski definition) is 1. The second-order valence-electron chi connectivity index (χ2n) is 5.91. The van der Waals surface area contributed by atoms with Crippen LogP contribution in [0.15, 0.2) is 39.3 Å². The lowest BCUT2D eigenvalue weighted by molar-refractivity contribution is -0.385. The van der Waals surface area contributed by atoms with Gasteiger partial charge in [0.2, 0.25) is 0 Å². The summed E-state index contributed by atoms with van der Waals surface area (Å²) in [7, 11) is 0. The van der Waals surface area contributed by atoms with E-state index < -0.39 is 10.8 Å². The highest BCUT2D eigenvalue weighted by molar-refractivity contribution is 6.02. The Labute approximate surface area is 154 Å². The number of aromatic nitrogens is 1. The molecule has 140 valence electrons. The van der Waals surface area contributed by atoms with Gasteiger partial charge < -0.3 is 19.0 Å². The zero-order valence-corrected chi connectivity index (χ0v) is 14.9. The molecule has 0 bridgehead atoms. The van der Waals surface area contributed by atoms with Crippen molar-refractivity contribution >= 4 is 17.3 Å². The van der Waals surface area contributed by atoms with E-state index in [2.05, 4.69) is 10.5 Å². The van der Waals surface area contributed by atoms with Crippen molar-refractivity contribution in [2.24, 2.45) is 0 Å². The van der Waals surface area contributed by atoms with Gasteiger partial charge in [-0.15, -0.1) is 0 Å². The fourth-order valence-corrected chi connectivity index (χ4v) is 2.49. The Bertz CT molecular complexity index is 985. The van der Waals surface area contributed by atoms with Gasteiger partial charge in [-0.05, 0) is 45.0 Å². The number of hydrogen-bond acceptors (Lipinski definition) is 7. The van der Waals surface area contributed by atoms with Gasteiger partial charge in [-0.3, -0.25) is 14.9 Å². The van der Waals surface area contributed by atoms with Gasteiger partial charge in [0, 0.05) is 11.6 Å². The number of carbonyl (C=O) groups excluding carboxylic acids is 1. The topological polar surface area (TPSA) is 121 Å². The van der Waals surface area contributed by atoms with Gasteiger partial charge in [0.05, 0.1) is 4.92 Å². The second-order valence-corrected chi connectivity index (χ2v) is 5.91. The zero-order chi connectivity index (χ0) is 19.6. The number of amides is 1. The maximum absolute atomic E-state index is 12.3. The van der Waals surface area contributed by atoms with Gasteiger partial charge in [-0.1, -0.05) is 5.16 Å². The lowest BCUT2D eigenvalue weighted by atomic mass is 10.2. The quantitative estimate of drug-likeness (QED) is 0.514. The van der Waals surface area contributed by atoms with Crippen LogP contribution in [0.25, 0.3) is 0 Å². The first kappa shape index (κ1) is 18.2. The number of ether oxygens (including phenoxy) is 1. The third-order valence-corrected chi connectivity index (χ3v) is 3.90. The SMILES string of the molecule is Cc1cc(OCc2ccc(C(=O)Nc3c(C)noc3C)o2)ccc1[N+](=O)[O-]. The Hall–Kier alpha value is -3.62. The monoisotopic (exact) mass is 371 g/mol. The highest BCUT2D eigenvalue weighted by atomic mass is 16.6. The Morgan fingerprint density at radius 2 is 2.04 bits per heavy atom. The first-order valence-corrected chi connectivity index (χ1v) is 8.06. The van der Waals surface area contributed by atoms with Crippen LogP contribution in [0.5, 0.6) is 5.75 Å². The maximum Gasteiger partial charge on any atom is 0.291 e. The molecule has 1 amide bonds. The van der Waals surface area contributed by atoms with Crippen LogP contribution in [-0.2, 0) is 6.61 Å². The van der Waals surface area contributed by atoms with E-state index in [1.54, 1.807) is 32.9 Å². The van der Waals surface area contributed by atoms with Crippen LogP contribution in [0.2, 0.25) is 0 Å². The summed E-state index contributed by atoms with van der Waals surface area (Å²) in [6.07, 6.45) is 0. The summed E-state index contributed by atoms with van der Waals surface area (Å²) in [5, 5.41) is 17.3. The van der Waals surface area contributed by atoms with E-state index in [4.69, 9.17) is 13.7 Å². The van der Waals surface area contributed by atoms with Crippen molar-refractivity contribution in [2.75, 3.05) is 5.32 Å². The van der Waals surface area contributed by atoms with Crippen LogP contribution in [0, 0.1) is 30.9 Å². The average Bonchev–Trinajstić information content (AvgIpc) is 3.22. The molecule has 9 heteroatoms. The number of nitro groups is 1. The number of nitrogens with zero attached hydrogens (tertiary/aromatic N) is 2. The maximum atomic E-state index is 12.3. The van der Waals surface area contributed by atoms with Crippen molar-refractivity contribution in [3.63, 3.8) is 0 Å². The molecule has 0 radical (unpaired) electrons. The van der Waals surface area contributed by atoms with Crippen molar-refractivity contribution in [3.05, 3.63) is 69.0 Å². The average molecular weight is 371 g/mol. The number of nitrogens with one attached hydrogen (secondary N) is 1. The van der Waals surface area contributed by atoms with Gasteiger partial charge in [0.1, 0.15) is 29.5 Å². The number of nitro benzene ring substituents is 1. The molecule has 0 saturated heterocycles. The summed E-state index contributed by atoms with van der Waals surface area (Å²) in [6, 6.07) is 7.63. The number of rotatable bonds is 6. The third-order valence-electron chi connectivity index (χ3n) is 3.90.